The molecule has 0 saturated heterocycles. The van der Waals surface area contributed by atoms with E-state index in [1.54, 1.807) is 0 Å². The Morgan fingerprint density at radius 1 is 1.55 bits per heavy atom. The smallest absolute Gasteiger partial charge is 0.158 e. The van der Waals surface area contributed by atoms with Gasteiger partial charge in [-0.05, 0) is 0 Å². The third kappa shape index (κ3) is 2.03. The number of oxime groups is 1. The summed E-state index contributed by atoms with van der Waals surface area (Å²) in [7, 11) is 0. The topological polar surface area (TPSA) is 58.4 Å². The second-order valence-corrected chi connectivity index (χ2v) is 2.36. The van der Waals surface area contributed by atoms with E-state index < -0.39 is 0 Å². The van der Waals surface area contributed by atoms with Gasteiger partial charge in [-0.2, -0.15) is 0 Å². The average Bonchev–Trinajstić information content (AvgIpc) is 1.95. The van der Waals surface area contributed by atoms with E-state index in [1.807, 2.05) is 0 Å². The fourth-order valence-electron chi connectivity index (χ4n) is 0.497. The van der Waals surface area contributed by atoms with Crippen LogP contribution >= 0.6 is 23.2 Å². The zero-order valence-corrected chi connectivity index (χ0v) is 6.71. The van der Waals surface area contributed by atoms with E-state index in [4.69, 9.17) is 28.4 Å². The van der Waals surface area contributed by atoms with Crippen molar-refractivity contribution in [2.24, 2.45) is 5.16 Å². The Hall–Kier alpha value is -0.870. The van der Waals surface area contributed by atoms with E-state index in [-0.39, 0.29) is 16.0 Å². The summed E-state index contributed by atoms with van der Waals surface area (Å²) in [6, 6.07) is 0. The number of rotatable bonds is 1. The first-order valence-corrected chi connectivity index (χ1v) is 3.35. The standard InChI is InChI=1S/C5H3Cl2N3O/c6-4-2-8-3(1-9-11)5(7)10-4/h1-2,11H/b9-1+. The molecule has 6 heteroatoms. The lowest BCUT2D eigenvalue weighted by Crippen LogP contribution is -1.91. The molecule has 0 bridgehead atoms. The minimum Gasteiger partial charge on any atom is -0.411 e. The Labute approximate surface area is 72.5 Å². The highest BCUT2D eigenvalue weighted by Gasteiger charge is 2.00. The number of hydrogen-bond donors (Lipinski definition) is 1. The van der Waals surface area contributed by atoms with Crippen molar-refractivity contribution >= 4 is 29.4 Å². The number of aromatic nitrogens is 2. The molecule has 58 valence electrons. The van der Waals surface area contributed by atoms with Crippen molar-refractivity contribution in [2.75, 3.05) is 0 Å². The predicted molar refractivity (Wildman–Crippen MR) is 41.4 cm³/mol. The molecule has 0 saturated carbocycles. The molecule has 0 spiro atoms. The number of hydrogen-bond acceptors (Lipinski definition) is 4. The lowest BCUT2D eigenvalue weighted by molar-refractivity contribution is 0.321. The maximum atomic E-state index is 8.12. The van der Waals surface area contributed by atoms with Gasteiger partial charge in [0.15, 0.2) is 5.15 Å². The molecule has 0 aliphatic rings. The predicted octanol–water partition coefficient (Wildman–Crippen LogP) is 1.59. The Balaban J connectivity index is 3.09. The van der Waals surface area contributed by atoms with Crippen LogP contribution in [0.15, 0.2) is 11.4 Å². The summed E-state index contributed by atoms with van der Waals surface area (Å²) in [5.74, 6) is 0. The summed E-state index contributed by atoms with van der Waals surface area (Å²) in [6.07, 6.45) is 2.39. The molecule has 0 aliphatic heterocycles. The Kier molecular flexibility index (Phi) is 2.62. The molecule has 1 aromatic heterocycles. The second-order valence-electron chi connectivity index (χ2n) is 1.61. The molecular formula is C5H3Cl2N3O. The molecule has 0 aliphatic carbocycles. The van der Waals surface area contributed by atoms with Crippen molar-refractivity contribution in [3.05, 3.63) is 22.2 Å². The van der Waals surface area contributed by atoms with Gasteiger partial charge < -0.3 is 5.21 Å². The summed E-state index contributed by atoms with van der Waals surface area (Å²) in [5.41, 5.74) is 0.276. The minimum absolute atomic E-state index is 0.107. The highest BCUT2D eigenvalue weighted by Crippen LogP contribution is 2.11. The number of nitrogens with zero attached hydrogens (tertiary/aromatic N) is 3. The van der Waals surface area contributed by atoms with Crippen molar-refractivity contribution < 1.29 is 5.21 Å². The zero-order valence-electron chi connectivity index (χ0n) is 5.20. The molecule has 1 heterocycles. The first-order chi connectivity index (χ1) is 5.24. The van der Waals surface area contributed by atoms with Crippen LogP contribution in [-0.4, -0.2) is 21.4 Å². The summed E-state index contributed by atoms with van der Waals surface area (Å²) in [6.45, 7) is 0. The van der Waals surface area contributed by atoms with Gasteiger partial charge in [0.1, 0.15) is 10.8 Å². The quantitative estimate of drug-likeness (QED) is 0.417. The first-order valence-electron chi connectivity index (χ1n) is 2.59. The fraction of sp³-hybridized carbons (Fsp3) is 0. The summed E-state index contributed by atoms with van der Waals surface area (Å²) in [4.78, 5) is 7.39. The molecule has 4 nitrogen and oxygen atoms in total. The normalized spacial score (nSPS) is 10.7. The molecule has 0 amide bonds. The zero-order chi connectivity index (χ0) is 8.27. The SMILES string of the molecule is O/N=C/c1ncc(Cl)nc1Cl. The van der Waals surface area contributed by atoms with E-state index in [0.29, 0.717) is 0 Å². The van der Waals surface area contributed by atoms with Gasteiger partial charge in [-0.25, -0.2) is 9.97 Å². The van der Waals surface area contributed by atoms with E-state index in [2.05, 4.69) is 15.1 Å². The molecule has 1 N–H and O–H groups in total. The van der Waals surface area contributed by atoms with E-state index >= 15 is 0 Å². The van der Waals surface area contributed by atoms with Crippen LogP contribution in [-0.2, 0) is 0 Å². The van der Waals surface area contributed by atoms with Crippen LogP contribution in [0.3, 0.4) is 0 Å². The number of halogens is 2. The van der Waals surface area contributed by atoms with Gasteiger partial charge in [0.05, 0.1) is 12.4 Å². The molecule has 11 heavy (non-hydrogen) atoms. The first kappa shape index (κ1) is 8.23. The van der Waals surface area contributed by atoms with Crippen LogP contribution in [0.5, 0.6) is 0 Å². The fourth-order valence-corrected chi connectivity index (χ4v) is 0.862. The minimum atomic E-state index is 0.107. The molecule has 0 unspecified atom stereocenters. The Bertz CT molecular complexity index is 289. The van der Waals surface area contributed by atoms with Gasteiger partial charge in [0, 0.05) is 0 Å². The van der Waals surface area contributed by atoms with Gasteiger partial charge in [0.25, 0.3) is 0 Å². The highest BCUT2D eigenvalue weighted by molar-refractivity contribution is 6.33. The van der Waals surface area contributed by atoms with Crippen molar-refractivity contribution in [3.8, 4) is 0 Å². The Morgan fingerprint density at radius 3 is 2.82 bits per heavy atom. The van der Waals surface area contributed by atoms with Crippen molar-refractivity contribution in [1.29, 1.82) is 0 Å². The highest BCUT2D eigenvalue weighted by atomic mass is 35.5. The third-order valence-corrected chi connectivity index (χ3v) is 1.37. The maximum Gasteiger partial charge on any atom is 0.158 e. The van der Waals surface area contributed by atoms with Gasteiger partial charge in [-0.15, -0.1) is 0 Å². The van der Waals surface area contributed by atoms with Gasteiger partial charge in [-0.1, -0.05) is 28.4 Å². The molecule has 1 rings (SSSR count). The molecular weight excluding hydrogens is 189 g/mol. The maximum absolute atomic E-state index is 8.12. The van der Waals surface area contributed by atoms with Crippen molar-refractivity contribution in [3.63, 3.8) is 0 Å². The summed E-state index contributed by atoms with van der Waals surface area (Å²) in [5, 5.41) is 11.2. The van der Waals surface area contributed by atoms with E-state index in [1.165, 1.54) is 6.20 Å². The van der Waals surface area contributed by atoms with Gasteiger partial charge >= 0.3 is 0 Å². The van der Waals surface area contributed by atoms with Crippen LogP contribution in [0.1, 0.15) is 5.69 Å². The van der Waals surface area contributed by atoms with Crippen molar-refractivity contribution in [2.45, 2.75) is 0 Å². The monoisotopic (exact) mass is 191 g/mol. The molecule has 0 atom stereocenters. The molecule has 0 radical (unpaired) electrons. The summed E-state index contributed by atoms with van der Waals surface area (Å²) < 4.78 is 0. The molecule has 1 aromatic rings. The Morgan fingerprint density at radius 2 is 2.27 bits per heavy atom. The van der Waals surface area contributed by atoms with Crippen molar-refractivity contribution in [1.82, 2.24) is 9.97 Å². The van der Waals surface area contributed by atoms with Gasteiger partial charge in [-0.3, -0.25) is 0 Å². The van der Waals surface area contributed by atoms with Gasteiger partial charge in [0.2, 0.25) is 0 Å². The van der Waals surface area contributed by atoms with E-state index in [9.17, 15) is 0 Å². The van der Waals surface area contributed by atoms with Crippen LogP contribution in [0.2, 0.25) is 10.3 Å². The lowest BCUT2D eigenvalue weighted by atomic mass is 10.5. The second kappa shape index (κ2) is 3.50. The lowest BCUT2D eigenvalue weighted by Gasteiger charge is -1.93. The van der Waals surface area contributed by atoms with Crippen LogP contribution < -0.4 is 0 Å². The van der Waals surface area contributed by atoms with Crippen LogP contribution in [0.4, 0.5) is 0 Å². The largest absolute Gasteiger partial charge is 0.411 e. The third-order valence-electron chi connectivity index (χ3n) is 0.907. The van der Waals surface area contributed by atoms with Crippen LogP contribution in [0, 0.1) is 0 Å². The summed E-state index contributed by atoms with van der Waals surface area (Å²) >= 11 is 11.0. The van der Waals surface area contributed by atoms with E-state index in [0.717, 1.165) is 6.21 Å². The van der Waals surface area contributed by atoms with Crippen LogP contribution in [0.25, 0.3) is 0 Å². The molecule has 0 fully saturated rings. The molecule has 0 aromatic carbocycles. The average molecular weight is 192 g/mol.